The van der Waals surface area contributed by atoms with Gasteiger partial charge < -0.3 is 10.1 Å². The van der Waals surface area contributed by atoms with Crippen LogP contribution in [0.25, 0.3) is 0 Å². The van der Waals surface area contributed by atoms with Gasteiger partial charge in [-0.2, -0.15) is 0 Å². The Morgan fingerprint density at radius 1 is 1.15 bits per heavy atom. The summed E-state index contributed by atoms with van der Waals surface area (Å²) in [5.74, 6) is 0.722. The first-order valence-electron chi connectivity index (χ1n) is 9.88. The van der Waals surface area contributed by atoms with Crippen LogP contribution < -0.4 is 10.1 Å². The molecule has 0 radical (unpaired) electrons. The molecule has 5 heteroatoms. The maximum atomic E-state index is 12.4. The highest BCUT2D eigenvalue weighted by atomic mass is 32.1. The van der Waals surface area contributed by atoms with E-state index in [-0.39, 0.29) is 18.6 Å². The summed E-state index contributed by atoms with van der Waals surface area (Å²) in [6.45, 7) is 6.98. The summed E-state index contributed by atoms with van der Waals surface area (Å²) in [4.78, 5) is 16.2. The molecule has 2 aromatic rings. The number of thiophene rings is 1. The van der Waals surface area contributed by atoms with Crippen molar-refractivity contribution in [2.75, 3.05) is 26.2 Å². The van der Waals surface area contributed by atoms with Crippen molar-refractivity contribution in [3.05, 3.63) is 51.7 Å². The number of hydrogen-bond donors (Lipinski definition) is 1. The summed E-state index contributed by atoms with van der Waals surface area (Å²) in [7, 11) is 0. The Hall–Kier alpha value is -1.85. The average molecular weight is 387 g/mol. The quantitative estimate of drug-likeness (QED) is 0.763. The summed E-state index contributed by atoms with van der Waals surface area (Å²) in [6, 6.07) is 10.5. The lowest BCUT2D eigenvalue weighted by molar-refractivity contribution is -0.123. The first-order valence-corrected chi connectivity index (χ1v) is 10.8. The fourth-order valence-corrected chi connectivity index (χ4v) is 4.44. The minimum Gasteiger partial charge on any atom is -0.483 e. The maximum absolute atomic E-state index is 12.4. The minimum atomic E-state index is -0.0627. The van der Waals surface area contributed by atoms with Crippen LogP contribution in [0.3, 0.4) is 0 Å². The van der Waals surface area contributed by atoms with Crippen molar-refractivity contribution >= 4 is 17.2 Å². The molecule has 1 unspecified atom stereocenters. The summed E-state index contributed by atoms with van der Waals surface area (Å²) >= 11 is 1.77. The molecule has 146 valence electrons. The number of nitrogens with one attached hydrogen (secondary N) is 1. The molecule has 0 spiro atoms. The summed E-state index contributed by atoms with van der Waals surface area (Å²) in [5, 5.41) is 5.21. The predicted molar refractivity (Wildman–Crippen MR) is 112 cm³/mol. The molecule has 0 saturated carbocycles. The van der Waals surface area contributed by atoms with E-state index in [1.165, 1.54) is 36.1 Å². The second-order valence-electron chi connectivity index (χ2n) is 7.27. The van der Waals surface area contributed by atoms with Gasteiger partial charge in [0.15, 0.2) is 6.61 Å². The second kappa shape index (κ2) is 9.90. The average Bonchev–Trinajstić information content (AvgIpc) is 3.06. The van der Waals surface area contributed by atoms with Gasteiger partial charge in [-0.05, 0) is 68.4 Å². The highest BCUT2D eigenvalue weighted by Gasteiger charge is 2.23. The number of ether oxygens (including phenoxy) is 1. The second-order valence-corrected chi connectivity index (χ2v) is 8.25. The van der Waals surface area contributed by atoms with Crippen molar-refractivity contribution in [2.24, 2.45) is 0 Å². The number of carbonyl (C=O) groups is 1. The van der Waals surface area contributed by atoms with Gasteiger partial charge in [-0.25, -0.2) is 0 Å². The maximum Gasteiger partial charge on any atom is 0.258 e. The number of nitrogens with zero attached hydrogens (tertiary/aromatic N) is 1. The summed E-state index contributed by atoms with van der Waals surface area (Å²) < 4.78 is 5.74. The van der Waals surface area contributed by atoms with Crippen molar-refractivity contribution in [3.63, 3.8) is 0 Å². The van der Waals surface area contributed by atoms with Gasteiger partial charge in [0.05, 0.1) is 6.04 Å². The standard InChI is InChI=1S/C22H30N2O2S/c1-17-9-7-10-20(18(17)2)26-16-22(25)23-15-19(21-11-8-14-27-21)24-12-5-3-4-6-13-24/h7-11,14,19H,3-6,12-13,15-16H2,1-2H3,(H,23,25). The molecule has 1 amide bonds. The fourth-order valence-electron chi connectivity index (χ4n) is 3.58. The number of amides is 1. The molecule has 2 heterocycles. The van der Waals surface area contributed by atoms with Crippen LogP contribution in [0.1, 0.15) is 47.7 Å². The molecule has 27 heavy (non-hydrogen) atoms. The van der Waals surface area contributed by atoms with Gasteiger partial charge in [0.1, 0.15) is 5.75 Å². The molecule has 1 aliphatic rings. The van der Waals surface area contributed by atoms with Gasteiger partial charge in [-0.1, -0.05) is 31.0 Å². The van der Waals surface area contributed by atoms with Crippen molar-refractivity contribution in [1.29, 1.82) is 0 Å². The molecule has 1 atom stereocenters. The first-order chi connectivity index (χ1) is 13.1. The minimum absolute atomic E-state index is 0.0570. The molecule has 1 aromatic heterocycles. The van der Waals surface area contributed by atoms with Crippen LogP contribution in [0, 0.1) is 13.8 Å². The van der Waals surface area contributed by atoms with Crippen LogP contribution in [-0.4, -0.2) is 37.0 Å². The van der Waals surface area contributed by atoms with Gasteiger partial charge in [0.2, 0.25) is 0 Å². The monoisotopic (exact) mass is 386 g/mol. The van der Waals surface area contributed by atoms with E-state index in [1.54, 1.807) is 11.3 Å². The van der Waals surface area contributed by atoms with Crippen molar-refractivity contribution in [1.82, 2.24) is 10.2 Å². The molecule has 1 fully saturated rings. The molecule has 3 rings (SSSR count). The van der Waals surface area contributed by atoms with Gasteiger partial charge >= 0.3 is 0 Å². The lowest BCUT2D eigenvalue weighted by Gasteiger charge is -2.30. The largest absolute Gasteiger partial charge is 0.483 e. The Bertz CT molecular complexity index is 722. The predicted octanol–water partition coefficient (Wildman–Crippen LogP) is 4.48. The van der Waals surface area contributed by atoms with Gasteiger partial charge in [-0.3, -0.25) is 9.69 Å². The van der Waals surface area contributed by atoms with E-state index in [9.17, 15) is 4.79 Å². The Morgan fingerprint density at radius 3 is 2.63 bits per heavy atom. The fraction of sp³-hybridized carbons (Fsp3) is 0.500. The number of hydrogen-bond acceptors (Lipinski definition) is 4. The summed E-state index contributed by atoms with van der Waals surface area (Å²) in [5.41, 5.74) is 2.26. The molecule has 4 nitrogen and oxygen atoms in total. The molecule has 0 aliphatic carbocycles. The van der Waals surface area contributed by atoms with E-state index < -0.39 is 0 Å². The Morgan fingerprint density at radius 2 is 1.93 bits per heavy atom. The first kappa shape index (κ1) is 19.9. The molecule has 1 aliphatic heterocycles. The van der Waals surface area contributed by atoms with E-state index >= 15 is 0 Å². The topological polar surface area (TPSA) is 41.6 Å². The molecule has 1 N–H and O–H groups in total. The van der Waals surface area contributed by atoms with Crippen LogP contribution in [0.15, 0.2) is 35.7 Å². The van der Waals surface area contributed by atoms with E-state index in [0.29, 0.717) is 6.54 Å². The third-order valence-corrected chi connectivity index (χ3v) is 6.33. The van der Waals surface area contributed by atoms with Gasteiger partial charge in [0.25, 0.3) is 5.91 Å². The Labute approximate surface area is 166 Å². The molecule has 1 aromatic carbocycles. The third kappa shape index (κ3) is 5.56. The van der Waals surface area contributed by atoms with Gasteiger partial charge in [-0.15, -0.1) is 11.3 Å². The van der Waals surface area contributed by atoms with Crippen LogP contribution in [0.4, 0.5) is 0 Å². The number of benzene rings is 1. The SMILES string of the molecule is Cc1cccc(OCC(=O)NCC(c2cccs2)N2CCCCCC2)c1C. The molecule has 0 bridgehead atoms. The molecule has 1 saturated heterocycles. The van der Waals surface area contributed by atoms with E-state index in [2.05, 4.69) is 40.7 Å². The van der Waals surface area contributed by atoms with Crippen molar-refractivity contribution in [2.45, 2.75) is 45.6 Å². The Kier molecular flexibility index (Phi) is 7.30. The number of rotatable bonds is 7. The highest BCUT2D eigenvalue weighted by Crippen LogP contribution is 2.27. The summed E-state index contributed by atoms with van der Waals surface area (Å²) in [6.07, 6.45) is 5.10. The van der Waals surface area contributed by atoms with Crippen LogP contribution in [-0.2, 0) is 4.79 Å². The normalized spacial score (nSPS) is 16.5. The van der Waals surface area contributed by atoms with Gasteiger partial charge in [0, 0.05) is 11.4 Å². The van der Waals surface area contributed by atoms with E-state index in [0.717, 1.165) is 24.4 Å². The number of likely N-dealkylation sites (tertiary alicyclic amines) is 1. The number of aryl methyl sites for hydroxylation is 1. The zero-order valence-corrected chi connectivity index (χ0v) is 17.2. The lowest BCUT2D eigenvalue weighted by Crippen LogP contribution is -2.39. The van der Waals surface area contributed by atoms with E-state index in [1.807, 2.05) is 19.1 Å². The van der Waals surface area contributed by atoms with Crippen LogP contribution >= 0.6 is 11.3 Å². The van der Waals surface area contributed by atoms with Crippen molar-refractivity contribution < 1.29 is 9.53 Å². The lowest BCUT2D eigenvalue weighted by atomic mass is 10.1. The molecular formula is C22H30N2O2S. The zero-order chi connectivity index (χ0) is 19.1. The third-order valence-electron chi connectivity index (χ3n) is 5.36. The van der Waals surface area contributed by atoms with Crippen LogP contribution in [0.5, 0.6) is 5.75 Å². The van der Waals surface area contributed by atoms with Crippen molar-refractivity contribution in [3.8, 4) is 5.75 Å². The molecular weight excluding hydrogens is 356 g/mol. The van der Waals surface area contributed by atoms with E-state index in [4.69, 9.17) is 4.74 Å². The smallest absolute Gasteiger partial charge is 0.258 e. The number of carbonyl (C=O) groups excluding carboxylic acids is 1. The zero-order valence-electron chi connectivity index (χ0n) is 16.4. The Balaban J connectivity index is 1.56. The van der Waals surface area contributed by atoms with Crippen LogP contribution in [0.2, 0.25) is 0 Å². The highest BCUT2D eigenvalue weighted by molar-refractivity contribution is 7.10.